The van der Waals surface area contributed by atoms with Gasteiger partial charge >= 0.3 is 12.0 Å². The average Bonchev–Trinajstić information content (AvgIpc) is 3.57. The number of fused-ring (bicyclic) bond motifs is 1. The molecule has 11 heteroatoms. The third-order valence-corrected chi connectivity index (χ3v) is 6.66. The second-order valence-corrected chi connectivity index (χ2v) is 10.7. The summed E-state index contributed by atoms with van der Waals surface area (Å²) in [7, 11) is 0. The average molecular weight is 506 g/mol. The summed E-state index contributed by atoms with van der Waals surface area (Å²) in [6.45, 7) is 16.0. The molecule has 5 rings (SSSR count). The summed E-state index contributed by atoms with van der Waals surface area (Å²) in [5, 5.41) is 8.90. The zero-order chi connectivity index (χ0) is 25.4. The molecule has 5 heterocycles. The topological polar surface area (TPSA) is 102 Å². The molecule has 36 heavy (non-hydrogen) atoms. The van der Waals surface area contributed by atoms with E-state index in [0.717, 1.165) is 46.2 Å². The number of carbonyl (C=O) groups is 1. The van der Waals surface area contributed by atoms with E-state index in [2.05, 4.69) is 19.6 Å². The fraction of sp³-hybridized carbons (Fsp3) is 0.400. The van der Waals surface area contributed by atoms with Crippen molar-refractivity contribution in [2.75, 3.05) is 18.4 Å². The first kappa shape index (κ1) is 23.8. The number of aryl methyl sites for hydroxylation is 1. The van der Waals surface area contributed by atoms with Gasteiger partial charge < -0.3 is 19.4 Å². The monoisotopic (exact) mass is 505 g/mol. The number of amides is 1. The molecule has 1 fully saturated rings. The maximum absolute atomic E-state index is 12.8. The molecule has 1 N–H and O–H groups in total. The molecule has 0 radical (unpaired) electrons. The van der Waals surface area contributed by atoms with E-state index in [1.807, 2.05) is 39.8 Å². The summed E-state index contributed by atoms with van der Waals surface area (Å²) < 4.78 is 17.1. The van der Waals surface area contributed by atoms with Gasteiger partial charge in [-0.3, -0.25) is 0 Å². The molecule has 1 aliphatic heterocycles. The van der Waals surface area contributed by atoms with E-state index in [-0.39, 0.29) is 17.9 Å². The molecule has 4 aromatic rings. The molecule has 186 valence electrons. The minimum Gasteiger partial charge on any atom is -0.486 e. The molecule has 0 bridgehead atoms. The van der Waals surface area contributed by atoms with E-state index >= 15 is 0 Å². The normalized spacial score (nSPS) is 16.2. The SMILES string of the molecule is [C-]#[N+]c1cc(-c2cnn3c(Nc4cc(C)ns4)cc(C4CCCN(C(=O)OC(C)(C)C)C4)nc23)co1. The van der Waals surface area contributed by atoms with Crippen LogP contribution in [0.3, 0.4) is 0 Å². The van der Waals surface area contributed by atoms with Gasteiger partial charge in [0.2, 0.25) is 0 Å². The smallest absolute Gasteiger partial charge is 0.410 e. The van der Waals surface area contributed by atoms with E-state index in [1.54, 1.807) is 27.9 Å². The number of ether oxygens (including phenoxy) is 1. The van der Waals surface area contributed by atoms with Crippen LogP contribution in [0.25, 0.3) is 21.6 Å². The van der Waals surface area contributed by atoms with Crippen LogP contribution >= 0.6 is 11.5 Å². The van der Waals surface area contributed by atoms with Crippen molar-refractivity contribution in [1.82, 2.24) is 23.9 Å². The standard InChI is InChI=1S/C25H27N7O3S/c1-15-9-22(36-30-15)29-20-11-19(16-7-6-8-31(13-16)24(33)35-25(2,3)4)28-23-18(12-27-32(20)23)17-10-21(26-5)34-14-17/h9-12,14,16,29H,6-8,13H2,1-4H3. The highest BCUT2D eigenvalue weighted by Crippen LogP contribution is 2.34. The van der Waals surface area contributed by atoms with E-state index in [9.17, 15) is 4.79 Å². The quantitative estimate of drug-likeness (QED) is 0.331. The molecule has 0 aliphatic carbocycles. The number of carbonyl (C=O) groups excluding carboxylic acids is 1. The lowest BCUT2D eigenvalue weighted by Gasteiger charge is -2.34. The van der Waals surface area contributed by atoms with Crippen LogP contribution in [0.1, 0.15) is 50.9 Å². The van der Waals surface area contributed by atoms with Crippen molar-refractivity contribution in [3.05, 3.63) is 53.5 Å². The highest BCUT2D eigenvalue weighted by atomic mass is 32.1. The number of likely N-dealkylation sites (tertiary alicyclic amines) is 1. The van der Waals surface area contributed by atoms with Crippen LogP contribution in [-0.2, 0) is 4.74 Å². The van der Waals surface area contributed by atoms with Crippen molar-refractivity contribution in [1.29, 1.82) is 0 Å². The number of furan rings is 1. The van der Waals surface area contributed by atoms with Gasteiger partial charge in [0.15, 0.2) is 5.65 Å². The second kappa shape index (κ2) is 9.28. The fourth-order valence-electron chi connectivity index (χ4n) is 4.27. The minimum absolute atomic E-state index is 0.0333. The predicted molar refractivity (Wildman–Crippen MR) is 137 cm³/mol. The maximum atomic E-state index is 12.8. The van der Waals surface area contributed by atoms with Crippen molar-refractivity contribution in [3.63, 3.8) is 0 Å². The van der Waals surface area contributed by atoms with E-state index < -0.39 is 5.60 Å². The van der Waals surface area contributed by atoms with Crippen LogP contribution < -0.4 is 5.32 Å². The molecular weight excluding hydrogens is 478 g/mol. The Morgan fingerprint density at radius 3 is 2.86 bits per heavy atom. The van der Waals surface area contributed by atoms with Crippen LogP contribution in [0.2, 0.25) is 0 Å². The van der Waals surface area contributed by atoms with Crippen LogP contribution in [0, 0.1) is 13.5 Å². The van der Waals surface area contributed by atoms with Crippen LogP contribution in [0.15, 0.2) is 35.1 Å². The number of aromatic nitrogens is 4. The summed E-state index contributed by atoms with van der Waals surface area (Å²) in [4.78, 5) is 22.9. The molecule has 1 unspecified atom stereocenters. The van der Waals surface area contributed by atoms with Crippen molar-refractivity contribution in [2.24, 2.45) is 0 Å². The van der Waals surface area contributed by atoms with Crippen molar-refractivity contribution in [3.8, 4) is 11.1 Å². The molecule has 10 nitrogen and oxygen atoms in total. The van der Waals surface area contributed by atoms with Crippen LogP contribution in [0.5, 0.6) is 0 Å². The number of rotatable bonds is 4. The minimum atomic E-state index is -0.549. The third kappa shape index (κ3) is 4.90. The first-order valence-electron chi connectivity index (χ1n) is 11.7. The van der Waals surface area contributed by atoms with Crippen molar-refractivity contribution in [2.45, 2.75) is 52.1 Å². The number of nitrogens with zero attached hydrogens (tertiary/aromatic N) is 6. The Balaban J connectivity index is 1.54. The molecule has 1 atom stereocenters. The lowest BCUT2D eigenvalue weighted by atomic mass is 9.94. The largest absolute Gasteiger partial charge is 0.486 e. The summed E-state index contributed by atoms with van der Waals surface area (Å²) in [5.41, 5.74) is 3.38. The van der Waals surface area contributed by atoms with Gasteiger partial charge in [0.25, 0.3) is 0 Å². The summed E-state index contributed by atoms with van der Waals surface area (Å²) >= 11 is 1.37. The Morgan fingerprint density at radius 1 is 1.33 bits per heavy atom. The zero-order valence-electron chi connectivity index (χ0n) is 20.6. The van der Waals surface area contributed by atoms with Gasteiger partial charge in [-0.05, 0) is 64.2 Å². The Morgan fingerprint density at radius 2 is 2.17 bits per heavy atom. The van der Waals surface area contributed by atoms with E-state index in [4.69, 9.17) is 20.7 Å². The fourth-order valence-corrected chi connectivity index (χ4v) is 4.94. The predicted octanol–water partition coefficient (Wildman–Crippen LogP) is 6.16. The summed E-state index contributed by atoms with van der Waals surface area (Å²) in [5.74, 6) is 0.985. The van der Waals surface area contributed by atoms with Gasteiger partial charge in [0.05, 0.1) is 30.4 Å². The molecule has 4 aromatic heterocycles. The summed E-state index contributed by atoms with van der Waals surface area (Å²) in [6, 6.07) is 5.65. The number of nitrogens with one attached hydrogen (secondary N) is 1. The Bertz CT molecular complexity index is 1460. The van der Waals surface area contributed by atoms with Gasteiger partial charge in [-0.2, -0.15) is 18.8 Å². The van der Waals surface area contributed by atoms with Crippen molar-refractivity contribution >= 4 is 40.0 Å². The number of piperidine rings is 1. The summed E-state index contributed by atoms with van der Waals surface area (Å²) in [6.07, 6.45) is 4.72. The van der Waals surface area contributed by atoms with Crippen molar-refractivity contribution < 1.29 is 13.9 Å². The third-order valence-electron chi connectivity index (χ3n) is 5.87. The Kier molecular flexibility index (Phi) is 6.14. The highest BCUT2D eigenvalue weighted by Gasteiger charge is 2.30. The number of hydrogen-bond donors (Lipinski definition) is 1. The lowest BCUT2D eigenvalue weighted by Crippen LogP contribution is -2.42. The molecular formula is C25H27N7O3S. The zero-order valence-corrected chi connectivity index (χ0v) is 21.4. The lowest BCUT2D eigenvalue weighted by molar-refractivity contribution is 0.0197. The van der Waals surface area contributed by atoms with Gasteiger partial charge in [-0.25, -0.2) is 9.78 Å². The van der Waals surface area contributed by atoms with Gasteiger partial charge in [0, 0.05) is 36.2 Å². The molecule has 0 aromatic carbocycles. The second-order valence-electron chi connectivity index (χ2n) is 9.87. The van der Waals surface area contributed by atoms with Crippen LogP contribution in [0.4, 0.5) is 21.5 Å². The Hall–Kier alpha value is -3.91. The van der Waals surface area contributed by atoms with Gasteiger partial charge in [-0.1, -0.05) is 0 Å². The Labute approximate surface area is 212 Å². The molecule has 0 spiro atoms. The molecule has 1 amide bonds. The number of anilines is 2. The molecule has 1 saturated heterocycles. The van der Waals surface area contributed by atoms with Gasteiger partial charge in [0.1, 0.15) is 16.4 Å². The van der Waals surface area contributed by atoms with Crippen LogP contribution in [-0.4, -0.2) is 48.7 Å². The van der Waals surface area contributed by atoms with E-state index in [1.165, 1.54) is 11.5 Å². The first-order valence-corrected chi connectivity index (χ1v) is 12.5. The maximum Gasteiger partial charge on any atom is 0.410 e. The molecule has 0 saturated carbocycles. The molecule has 1 aliphatic rings. The number of hydrogen-bond acceptors (Lipinski definition) is 8. The van der Waals surface area contributed by atoms with E-state index in [0.29, 0.717) is 18.7 Å². The highest BCUT2D eigenvalue weighted by molar-refractivity contribution is 7.10. The van der Waals surface area contributed by atoms with Gasteiger partial charge in [-0.15, -0.1) is 0 Å². The first-order chi connectivity index (χ1) is 17.2.